The van der Waals surface area contributed by atoms with E-state index in [0.717, 1.165) is 0 Å². The molecule has 0 spiro atoms. The molecule has 0 amide bonds. The maximum absolute atomic E-state index is 4.89. The van der Waals surface area contributed by atoms with Gasteiger partial charge in [0.15, 0.2) is 0 Å². The van der Waals surface area contributed by atoms with Crippen LogP contribution in [0.4, 0.5) is 0 Å². The molecule has 3 aromatic carbocycles. The largest absolute Gasteiger partial charge is 0.157 e. The topological polar surface area (TPSA) is 0 Å². The zero-order valence-electron chi connectivity index (χ0n) is 17.8. The summed E-state index contributed by atoms with van der Waals surface area (Å²) in [4.78, 5) is 0. The van der Waals surface area contributed by atoms with E-state index >= 15 is 0 Å². The molecular weight excluding hydrogens is 474 g/mol. The number of fused-ring (bicyclic) bond motifs is 4. The number of allylic oxidation sites excluding steroid dienone is 4. The van der Waals surface area contributed by atoms with Crippen LogP contribution in [0.15, 0.2) is 78.9 Å². The molecule has 0 fully saturated rings. The molecule has 0 bridgehead atoms. The van der Waals surface area contributed by atoms with Crippen LogP contribution < -0.4 is 0 Å². The third kappa shape index (κ3) is 5.11. The van der Waals surface area contributed by atoms with Crippen molar-refractivity contribution in [1.82, 2.24) is 0 Å². The Balaban J connectivity index is 0.000000195. The molecule has 1 unspecified atom stereocenters. The molecule has 2 aliphatic rings. The van der Waals surface area contributed by atoms with Crippen LogP contribution in [0.25, 0.3) is 26.6 Å². The van der Waals surface area contributed by atoms with Crippen molar-refractivity contribution in [1.29, 1.82) is 0 Å². The predicted molar refractivity (Wildman–Crippen MR) is 136 cm³/mol. The van der Waals surface area contributed by atoms with Crippen LogP contribution in [0.3, 0.4) is 0 Å². The SMILES string of the molecule is CC1(C)[C-]=CC=C1.[Cl][Ti][Cl].c1ccc2[cH-]c(-p3c4c(c5ccccc53)CCC4)cc2c1. The summed E-state index contributed by atoms with van der Waals surface area (Å²) in [5.74, 6) is 0. The van der Waals surface area contributed by atoms with Gasteiger partial charge in [-0.2, -0.15) is 12.1 Å². The van der Waals surface area contributed by atoms with Crippen molar-refractivity contribution >= 4 is 47.4 Å². The Bertz CT molecular complexity index is 1200. The Hall–Kier alpha value is -1.14. The molecule has 0 nitrogen and oxygen atoms in total. The van der Waals surface area contributed by atoms with E-state index in [4.69, 9.17) is 18.6 Å². The summed E-state index contributed by atoms with van der Waals surface area (Å²) in [6.45, 7) is 4.26. The van der Waals surface area contributed by atoms with E-state index in [-0.39, 0.29) is 12.9 Å². The smallest absolute Gasteiger partial charge is 0.00467 e. The first-order chi connectivity index (χ1) is 15.0. The van der Waals surface area contributed by atoms with Crippen molar-refractivity contribution in [2.45, 2.75) is 33.1 Å². The van der Waals surface area contributed by atoms with Gasteiger partial charge in [-0.1, -0.05) is 54.9 Å². The number of hydrogen-bond donors (Lipinski definition) is 0. The maximum Gasteiger partial charge on any atom is 0.00467 e. The number of benzene rings is 2. The van der Waals surface area contributed by atoms with Crippen LogP contribution in [0.2, 0.25) is 0 Å². The molecule has 1 aromatic heterocycles. The Kier molecular flexibility index (Phi) is 7.58. The van der Waals surface area contributed by atoms with E-state index in [2.05, 4.69) is 86.7 Å². The molecular formula is C27H25Cl2PTi-2. The molecule has 4 heteroatoms. The molecule has 4 aromatic rings. The van der Waals surface area contributed by atoms with Gasteiger partial charge in [0.25, 0.3) is 0 Å². The molecule has 31 heavy (non-hydrogen) atoms. The molecule has 6 rings (SSSR count). The minimum absolute atomic E-state index is 0.208. The standard InChI is InChI=1S/C20H16P.C7H9.2ClH.Ti/c1-2-7-15-13-16(12-14(15)6-1)21-19-10-4-3-8-17(19)18-9-5-11-20(18)21;1-7(2)5-3-4-6-7;;;/h1-4,6-8,10,12-13H,5,9,11H2;3-5H,1-2H3;2*1H;/q2*-1;;;+2/p-2. The second-order valence-corrected chi connectivity index (χ2v) is 13.2. The summed E-state index contributed by atoms with van der Waals surface area (Å²) >= 11 is -0.556. The second kappa shape index (κ2) is 10.2. The predicted octanol–water partition coefficient (Wildman–Crippen LogP) is 9.49. The monoisotopic (exact) mass is 498 g/mol. The molecule has 2 aliphatic carbocycles. The fourth-order valence-corrected chi connectivity index (χ4v) is 7.48. The van der Waals surface area contributed by atoms with Gasteiger partial charge in [-0.25, -0.2) is 12.2 Å². The molecule has 0 saturated carbocycles. The summed E-state index contributed by atoms with van der Waals surface area (Å²) in [5, 5.41) is 9.21. The minimum atomic E-state index is -0.556. The van der Waals surface area contributed by atoms with Gasteiger partial charge >= 0.3 is 35.6 Å². The molecule has 0 N–H and O–H groups in total. The van der Waals surface area contributed by atoms with Crippen LogP contribution in [-0.4, -0.2) is 0 Å². The van der Waals surface area contributed by atoms with E-state index < -0.39 is 17.0 Å². The molecule has 0 saturated heterocycles. The fourth-order valence-electron chi connectivity index (χ4n) is 4.49. The van der Waals surface area contributed by atoms with Crippen LogP contribution in [0.5, 0.6) is 0 Å². The summed E-state index contributed by atoms with van der Waals surface area (Å²) in [7, 11) is 9.51. The Morgan fingerprint density at radius 3 is 2.45 bits per heavy atom. The van der Waals surface area contributed by atoms with Crippen molar-refractivity contribution in [2.75, 3.05) is 0 Å². The third-order valence-electron chi connectivity index (χ3n) is 5.85. The molecule has 1 atom stereocenters. The molecule has 0 aliphatic heterocycles. The number of hydrogen-bond acceptors (Lipinski definition) is 0. The summed E-state index contributed by atoms with van der Waals surface area (Å²) < 4.78 is 0. The van der Waals surface area contributed by atoms with Gasteiger partial charge in [0.1, 0.15) is 0 Å². The van der Waals surface area contributed by atoms with Crippen LogP contribution in [0.1, 0.15) is 31.1 Å². The minimum Gasteiger partial charge on any atom is -0.157 e. The van der Waals surface area contributed by atoms with Gasteiger partial charge in [0.2, 0.25) is 0 Å². The molecule has 0 radical (unpaired) electrons. The Morgan fingerprint density at radius 1 is 1.03 bits per heavy atom. The maximum atomic E-state index is 4.89. The van der Waals surface area contributed by atoms with Crippen molar-refractivity contribution in [3.05, 3.63) is 95.8 Å². The Morgan fingerprint density at radius 2 is 1.77 bits per heavy atom. The van der Waals surface area contributed by atoms with E-state index in [1.807, 2.05) is 12.2 Å². The third-order valence-corrected chi connectivity index (χ3v) is 8.53. The first-order valence-electron chi connectivity index (χ1n) is 10.6. The van der Waals surface area contributed by atoms with Gasteiger partial charge < -0.3 is 0 Å². The van der Waals surface area contributed by atoms with E-state index in [1.165, 1.54) is 30.0 Å². The number of aryl methyl sites for hydroxylation is 1. The van der Waals surface area contributed by atoms with Gasteiger partial charge in [-0.15, -0.1) is 42.6 Å². The number of halogens is 2. The van der Waals surface area contributed by atoms with Gasteiger partial charge in [0.05, 0.1) is 0 Å². The average molecular weight is 499 g/mol. The van der Waals surface area contributed by atoms with Gasteiger partial charge in [0, 0.05) is 5.12 Å². The first kappa shape index (κ1) is 23.0. The second-order valence-electron chi connectivity index (χ2n) is 8.44. The summed E-state index contributed by atoms with van der Waals surface area (Å²) in [6, 6.07) is 22.7. The summed E-state index contributed by atoms with van der Waals surface area (Å²) in [5.41, 5.74) is 1.88. The van der Waals surface area contributed by atoms with Crippen molar-refractivity contribution in [3.63, 3.8) is 0 Å². The van der Waals surface area contributed by atoms with Crippen molar-refractivity contribution < 1.29 is 17.0 Å². The Labute approximate surface area is 203 Å². The fraction of sp³-hybridized carbons (Fsp3) is 0.222. The summed E-state index contributed by atoms with van der Waals surface area (Å²) in [6.07, 6.45) is 13.2. The average Bonchev–Trinajstić information content (AvgIpc) is 3.51. The van der Waals surface area contributed by atoms with Crippen molar-refractivity contribution in [2.24, 2.45) is 5.41 Å². The zero-order valence-corrected chi connectivity index (χ0v) is 21.8. The van der Waals surface area contributed by atoms with E-state index in [1.54, 1.807) is 26.7 Å². The number of rotatable bonds is 1. The first-order valence-corrected chi connectivity index (χ1v) is 16.2. The van der Waals surface area contributed by atoms with Gasteiger partial charge in [-0.3, -0.25) is 6.08 Å². The van der Waals surface area contributed by atoms with E-state index in [0.29, 0.717) is 0 Å². The normalized spacial score (nSPS) is 15.9. The molecule has 1 heterocycles. The molecule has 158 valence electrons. The van der Waals surface area contributed by atoms with Gasteiger partial charge in [-0.05, 0) is 35.5 Å². The quantitative estimate of drug-likeness (QED) is 0.181. The van der Waals surface area contributed by atoms with Crippen LogP contribution >= 0.6 is 26.1 Å². The van der Waals surface area contributed by atoms with Crippen LogP contribution in [-0.2, 0) is 29.9 Å². The zero-order chi connectivity index (χ0) is 21.8. The van der Waals surface area contributed by atoms with E-state index in [9.17, 15) is 0 Å². The van der Waals surface area contributed by atoms with Crippen LogP contribution in [0, 0.1) is 11.5 Å². The van der Waals surface area contributed by atoms with Crippen molar-refractivity contribution in [3.8, 4) is 5.30 Å².